The molecule has 2 aromatic heterocycles. The second-order valence-corrected chi connectivity index (χ2v) is 20.5. The number of benzene rings is 12. The number of fused-ring (bicyclic) bond motifs is 6. The maximum absolute atomic E-state index is 3.50. The van der Waals surface area contributed by atoms with Crippen molar-refractivity contribution < 1.29 is 0 Å². The van der Waals surface area contributed by atoms with E-state index in [9.17, 15) is 0 Å². The molecule has 0 aliphatic carbocycles. The van der Waals surface area contributed by atoms with Crippen LogP contribution in [0.1, 0.15) is 29.7 Å². The molecule has 0 saturated carbocycles. The molecule has 0 bridgehead atoms. The summed E-state index contributed by atoms with van der Waals surface area (Å²) >= 11 is 3.42. The van der Waals surface area contributed by atoms with E-state index in [4.69, 9.17) is 0 Å². The molecule has 0 saturated heterocycles. The van der Waals surface area contributed by atoms with Crippen LogP contribution < -0.4 is 10.2 Å². The normalized spacial score (nSPS) is 11.0. The van der Waals surface area contributed by atoms with Gasteiger partial charge in [-0.25, -0.2) is 0 Å². The monoisotopic (exact) mass is 1120 g/mol. The molecule has 0 aliphatic rings. The van der Waals surface area contributed by atoms with Crippen LogP contribution in [-0.4, -0.2) is 9.13 Å². The highest BCUT2D eigenvalue weighted by molar-refractivity contribution is 9.10. The van der Waals surface area contributed by atoms with Crippen LogP contribution in [0.4, 0.5) is 28.4 Å². The number of para-hydroxylation sites is 6. The van der Waals surface area contributed by atoms with Crippen LogP contribution in [0.25, 0.3) is 79.3 Å². The molecule has 0 amide bonds. The summed E-state index contributed by atoms with van der Waals surface area (Å²) in [6.45, 7) is 0. The number of nitrogens with one attached hydrogen (secondary N) is 1. The first-order valence-electron chi connectivity index (χ1n) is 27.3. The first kappa shape index (κ1) is 53.8. The van der Waals surface area contributed by atoms with Crippen LogP contribution in [0.5, 0.6) is 0 Å². The van der Waals surface area contributed by atoms with Gasteiger partial charge in [-0.3, -0.25) is 0 Å². The lowest BCUT2D eigenvalue weighted by Gasteiger charge is -2.25. The standard InChI is InChI=1S/C38H28N2.C24H18N2.C14H11Br.CH4/c1-4-12-29(13-5-1)20-21-30-22-24-33(25-23-30)39(31-14-6-2-7-15-31)34-26-27-38-36(28-34)35-18-10-11-19-37(35)40(38)32-16-8-3-9-17-32;1-3-9-18(10-4-1)25-19-15-16-24-22(17-19)21-13-7-8-14-23(21)26(24)20-11-5-2-6-12-20;15-14-10-8-13(9-11-14)7-6-12-4-2-1-3-5-12;/h1-28H;1-17,25H;1-11H;1H4/b21-20+;;7-6+;. The quantitative estimate of drug-likeness (QED) is 0.131. The van der Waals surface area contributed by atoms with Gasteiger partial charge in [-0.1, -0.05) is 242 Å². The van der Waals surface area contributed by atoms with Gasteiger partial charge in [0.15, 0.2) is 0 Å². The molecule has 396 valence electrons. The highest BCUT2D eigenvalue weighted by Gasteiger charge is 2.18. The van der Waals surface area contributed by atoms with Crippen LogP contribution in [0.2, 0.25) is 0 Å². The van der Waals surface area contributed by atoms with E-state index in [1.54, 1.807) is 0 Å². The molecule has 14 aromatic rings. The maximum atomic E-state index is 3.50. The van der Waals surface area contributed by atoms with Crippen molar-refractivity contribution in [1.82, 2.24) is 9.13 Å². The number of halogens is 1. The zero-order valence-corrected chi connectivity index (χ0v) is 46.1. The van der Waals surface area contributed by atoms with E-state index in [1.165, 1.54) is 77.2 Å². The third kappa shape index (κ3) is 12.3. The van der Waals surface area contributed by atoms with Crippen LogP contribution in [0.3, 0.4) is 0 Å². The number of hydrogen-bond donors (Lipinski definition) is 1. The Kier molecular flexibility index (Phi) is 16.9. The fourth-order valence-electron chi connectivity index (χ4n) is 10.4. The number of hydrogen-bond acceptors (Lipinski definition) is 2. The van der Waals surface area contributed by atoms with E-state index >= 15 is 0 Å². The molecule has 0 aliphatic heterocycles. The first-order chi connectivity index (χ1) is 40.1. The molecule has 82 heavy (non-hydrogen) atoms. The molecule has 0 atom stereocenters. The van der Waals surface area contributed by atoms with E-state index in [0.29, 0.717) is 0 Å². The zero-order valence-electron chi connectivity index (χ0n) is 44.6. The Bertz CT molecular complexity index is 4380. The van der Waals surface area contributed by atoms with E-state index in [-0.39, 0.29) is 7.43 Å². The summed E-state index contributed by atoms with van der Waals surface area (Å²) in [5.41, 5.74) is 17.6. The van der Waals surface area contributed by atoms with Crippen molar-refractivity contribution in [2.75, 3.05) is 10.2 Å². The fraction of sp³-hybridized carbons (Fsp3) is 0.0130. The lowest BCUT2D eigenvalue weighted by atomic mass is 10.1. The molecular weight excluding hydrogens is 1060 g/mol. The van der Waals surface area contributed by atoms with Gasteiger partial charge in [0.1, 0.15) is 0 Å². The average molecular weight is 1120 g/mol. The van der Waals surface area contributed by atoms with E-state index in [0.717, 1.165) is 32.9 Å². The zero-order chi connectivity index (χ0) is 54.6. The van der Waals surface area contributed by atoms with Crippen molar-refractivity contribution in [3.05, 3.63) is 342 Å². The van der Waals surface area contributed by atoms with E-state index < -0.39 is 0 Å². The Labute approximate surface area is 489 Å². The topological polar surface area (TPSA) is 25.1 Å². The van der Waals surface area contributed by atoms with Gasteiger partial charge in [-0.05, 0) is 144 Å². The van der Waals surface area contributed by atoms with Crippen molar-refractivity contribution >= 4 is 112 Å². The van der Waals surface area contributed by atoms with Crippen LogP contribution >= 0.6 is 15.9 Å². The van der Waals surface area contributed by atoms with Gasteiger partial charge in [0.05, 0.1) is 22.1 Å². The lowest BCUT2D eigenvalue weighted by Crippen LogP contribution is -2.09. The minimum absolute atomic E-state index is 0. The summed E-state index contributed by atoms with van der Waals surface area (Å²) in [5.74, 6) is 0. The summed E-state index contributed by atoms with van der Waals surface area (Å²) in [4.78, 5) is 2.33. The van der Waals surface area contributed by atoms with E-state index in [2.05, 4.69) is 320 Å². The minimum atomic E-state index is 0. The molecule has 0 fully saturated rings. The van der Waals surface area contributed by atoms with Crippen LogP contribution in [0, 0.1) is 0 Å². The molecule has 12 aromatic carbocycles. The fourth-order valence-corrected chi connectivity index (χ4v) is 10.7. The van der Waals surface area contributed by atoms with Crippen molar-refractivity contribution in [3.8, 4) is 11.4 Å². The molecule has 14 rings (SSSR count). The Morgan fingerprint density at radius 1 is 0.280 bits per heavy atom. The number of aromatic nitrogens is 2. The van der Waals surface area contributed by atoms with Gasteiger partial charge in [0.2, 0.25) is 0 Å². The first-order valence-corrected chi connectivity index (χ1v) is 28.1. The Morgan fingerprint density at radius 2 is 0.634 bits per heavy atom. The van der Waals surface area contributed by atoms with Crippen molar-refractivity contribution in [2.45, 2.75) is 7.43 Å². The second kappa shape index (κ2) is 25.7. The Morgan fingerprint density at radius 3 is 1.13 bits per heavy atom. The molecule has 1 N–H and O–H groups in total. The number of rotatable bonds is 11. The molecular formula is C77H61BrN4. The number of anilines is 5. The van der Waals surface area contributed by atoms with Crippen molar-refractivity contribution in [2.24, 2.45) is 0 Å². The van der Waals surface area contributed by atoms with Gasteiger partial charge >= 0.3 is 0 Å². The molecule has 5 heteroatoms. The summed E-state index contributed by atoms with van der Waals surface area (Å²) in [6.07, 6.45) is 8.54. The number of nitrogens with zero attached hydrogens (tertiary/aromatic N) is 3. The van der Waals surface area contributed by atoms with E-state index in [1.807, 2.05) is 54.6 Å². The van der Waals surface area contributed by atoms with Crippen molar-refractivity contribution in [1.29, 1.82) is 0 Å². The van der Waals surface area contributed by atoms with Gasteiger partial charge in [-0.2, -0.15) is 0 Å². The summed E-state index contributed by atoms with van der Waals surface area (Å²) < 4.78 is 5.80. The average Bonchev–Trinajstić information content (AvgIpc) is 4.13. The lowest BCUT2D eigenvalue weighted by molar-refractivity contribution is 1.18. The van der Waals surface area contributed by atoms with Crippen molar-refractivity contribution in [3.63, 3.8) is 0 Å². The third-order valence-electron chi connectivity index (χ3n) is 14.2. The highest BCUT2D eigenvalue weighted by atomic mass is 79.9. The van der Waals surface area contributed by atoms with Gasteiger partial charge in [0.25, 0.3) is 0 Å². The van der Waals surface area contributed by atoms with Gasteiger partial charge < -0.3 is 19.4 Å². The molecule has 4 nitrogen and oxygen atoms in total. The summed E-state index contributed by atoms with van der Waals surface area (Å²) in [7, 11) is 0. The smallest absolute Gasteiger partial charge is 0.0542 e. The van der Waals surface area contributed by atoms with Gasteiger partial charge in [0, 0.05) is 65.8 Å². The Balaban J connectivity index is 0.000000143. The third-order valence-corrected chi connectivity index (χ3v) is 14.8. The SMILES string of the molecule is Brc1ccc(/C=C/c2ccccc2)cc1.C.C(=C\c1ccc(N(c2ccccc2)c2ccc3c(c2)c2ccccc2n3-c2ccccc2)cc1)/c1ccccc1.c1ccc(Nc2ccc3c(c2)c2ccccc2n3-c2ccccc2)cc1. The summed E-state index contributed by atoms with van der Waals surface area (Å²) in [5, 5.41) is 8.51. The molecule has 0 unspecified atom stereocenters. The predicted octanol–water partition coefficient (Wildman–Crippen LogP) is 22.2. The molecule has 0 radical (unpaired) electrons. The maximum Gasteiger partial charge on any atom is 0.0542 e. The largest absolute Gasteiger partial charge is 0.356 e. The Hall–Kier alpha value is -10.2. The highest BCUT2D eigenvalue weighted by Crippen LogP contribution is 2.40. The van der Waals surface area contributed by atoms with Crippen LogP contribution in [0.15, 0.2) is 320 Å². The predicted molar refractivity (Wildman–Crippen MR) is 358 cm³/mol. The van der Waals surface area contributed by atoms with Gasteiger partial charge in [-0.15, -0.1) is 0 Å². The molecule has 2 heterocycles. The summed E-state index contributed by atoms with van der Waals surface area (Å²) in [6, 6.07) is 110. The van der Waals surface area contributed by atoms with Crippen LogP contribution in [-0.2, 0) is 0 Å². The minimum Gasteiger partial charge on any atom is -0.356 e. The molecule has 0 spiro atoms. The second-order valence-electron chi connectivity index (χ2n) is 19.6.